The Balaban J connectivity index is 2.93. The van der Waals surface area contributed by atoms with Crippen LogP contribution in [-0.4, -0.2) is 38.0 Å². The van der Waals surface area contributed by atoms with E-state index in [0.29, 0.717) is 0 Å². The summed E-state index contributed by atoms with van der Waals surface area (Å²) in [6.45, 7) is 9.63. The third kappa shape index (κ3) is 2.86. The average Bonchev–Trinajstić information content (AvgIpc) is 2.45. The van der Waals surface area contributed by atoms with Crippen molar-refractivity contribution in [2.24, 2.45) is 0 Å². The lowest BCUT2D eigenvalue weighted by Crippen LogP contribution is -2.53. The number of ether oxygens (including phenoxy) is 1. The highest BCUT2D eigenvalue weighted by atomic mass is 28.4. The highest BCUT2D eigenvalue weighted by molar-refractivity contribution is 6.74. The van der Waals surface area contributed by atoms with Gasteiger partial charge in [-0.15, -0.1) is 0 Å². The number of carboxylic acids is 1. The molecule has 0 aromatic rings. The third-order valence-corrected chi connectivity index (χ3v) is 7.99. The first kappa shape index (κ1) is 14.6. The second kappa shape index (κ2) is 4.33. The summed E-state index contributed by atoms with van der Waals surface area (Å²) < 4.78 is 24.0. The number of aliphatic carboxylic acids is 1. The van der Waals surface area contributed by atoms with Gasteiger partial charge < -0.3 is 14.3 Å². The molecule has 0 spiro atoms. The van der Waals surface area contributed by atoms with Crippen molar-refractivity contribution in [3.05, 3.63) is 0 Å². The molecule has 1 aliphatic rings. The van der Waals surface area contributed by atoms with Crippen LogP contribution in [0.1, 0.15) is 27.2 Å². The Morgan fingerprint density at radius 3 is 2.35 bits per heavy atom. The fourth-order valence-corrected chi connectivity index (χ4v) is 2.82. The third-order valence-electron chi connectivity index (χ3n) is 3.54. The number of hydrogen-bond donors (Lipinski definition) is 1. The summed E-state index contributed by atoms with van der Waals surface area (Å²) in [6.07, 6.45) is -1.50. The Labute approximate surface area is 102 Å². The standard InChI is InChI=1S/C11H21FO4Si/c1-10(2,3)17(4,5)16-11(9(13)14)6-8(12)7-15-11/h8H,6-7H2,1-5H3,(H,13,14). The van der Waals surface area contributed by atoms with Crippen molar-refractivity contribution in [2.75, 3.05) is 6.61 Å². The summed E-state index contributed by atoms with van der Waals surface area (Å²) in [5.74, 6) is -3.02. The molecule has 17 heavy (non-hydrogen) atoms. The highest BCUT2D eigenvalue weighted by Crippen LogP contribution is 2.42. The molecule has 4 nitrogen and oxygen atoms in total. The summed E-state index contributed by atoms with van der Waals surface area (Å²) in [6, 6.07) is 0. The van der Waals surface area contributed by atoms with E-state index >= 15 is 0 Å². The lowest BCUT2D eigenvalue weighted by Gasteiger charge is -2.41. The van der Waals surface area contributed by atoms with Crippen LogP contribution in [0.25, 0.3) is 0 Å². The van der Waals surface area contributed by atoms with Gasteiger partial charge in [-0.3, -0.25) is 0 Å². The second-order valence-electron chi connectivity index (χ2n) is 6.03. The maximum Gasteiger partial charge on any atom is 0.363 e. The summed E-state index contributed by atoms with van der Waals surface area (Å²) >= 11 is 0. The summed E-state index contributed by atoms with van der Waals surface area (Å²) in [4.78, 5) is 11.3. The van der Waals surface area contributed by atoms with Gasteiger partial charge in [0.2, 0.25) is 0 Å². The van der Waals surface area contributed by atoms with Crippen molar-refractivity contribution in [2.45, 2.75) is 57.3 Å². The van der Waals surface area contributed by atoms with Gasteiger partial charge in [-0.25, -0.2) is 9.18 Å². The zero-order chi connectivity index (χ0) is 13.5. The van der Waals surface area contributed by atoms with Gasteiger partial charge in [0, 0.05) is 6.42 Å². The van der Waals surface area contributed by atoms with Crippen molar-refractivity contribution >= 4 is 14.3 Å². The number of rotatable bonds is 3. The summed E-state index contributed by atoms with van der Waals surface area (Å²) in [7, 11) is -2.31. The average molecular weight is 264 g/mol. The SMILES string of the molecule is CC(C)(C)[Si](C)(C)OC1(C(=O)O)CC(F)CO1. The van der Waals surface area contributed by atoms with E-state index in [1.807, 2.05) is 33.9 Å². The van der Waals surface area contributed by atoms with Gasteiger partial charge in [0.1, 0.15) is 6.17 Å². The lowest BCUT2D eigenvalue weighted by molar-refractivity contribution is -0.200. The predicted octanol–water partition coefficient (Wildman–Crippen LogP) is 2.55. The molecule has 1 fully saturated rings. The predicted molar refractivity (Wildman–Crippen MR) is 64.1 cm³/mol. The first-order chi connectivity index (χ1) is 7.50. The molecule has 1 N–H and O–H groups in total. The fourth-order valence-electron chi connectivity index (χ4n) is 1.46. The zero-order valence-electron chi connectivity index (χ0n) is 11.0. The maximum absolute atomic E-state index is 13.2. The molecular formula is C11H21FO4Si. The molecular weight excluding hydrogens is 243 g/mol. The molecule has 2 atom stereocenters. The number of carboxylic acid groups (broad SMARTS) is 1. The quantitative estimate of drug-likeness (QED) is 0.796. The molecule has 0 bridgehead atoms. The van der Waals surface area contributed by atoms with E-state index in [4.69, 9.17) is 9.16 Å². The normalized spacial score (nSPS) is 30.6. The summed E-state index contributed by atoms with van der Waals surface area (Å²) in [5.41, 5.74) is 0. The molecule has 0 aromatic carbocycles. The Hall–Kier alpha value is -0.463. The number of halogens is 1. The van der Waals surface area contributed by atoms with Crippen LogP contribution in [0.2, 0.25) is 18.1 Å². The number of carbonyl (C=O) groups is 1. The van der Waals surface area contributed by atoms with Crippen LogP contribution < -0.4 is 0 Å². The van der Waals surface area contributed by atoms with E-state index in [-0.39, 0.29) is 18.1 Å². The van der Waals surface area contributed by atoms with E-state index < -0.39 is 26.2 Å². The number of alkyl halides is 1. The molecule has 100 valence electrons. The molecule has 0 aliphatic carbocycles. The zero-order valence-corrected chi connectivity index (χ0v) is 12.0. The van der Waals surface area contributed by atoms with E-state index in [1.54, 1.807) is 0 Å². The number of hydrogen-bond acceptors (Lipinski definition) is 3. The van der Waals surface area contributed by atoms with Gasteiger partial charge in [0.15, 0.2) is 8.32 Å². The van der Waals surface area contributed by atoms with Crippen LogP contribution in [0.15, 0.2) is 0 Å². The minimum atomic E-state index is -2.31. The monoisotopic (exact) mass is 264 g/mol. The van der Waals surface area contributed by atoms with Gasteiger partial charge >= 0.3 is 5.97 Å². The van der Waals surface area contributed by atoms with Crippen LogP contribution in [-0.2, 0) is 14.0 Å². The highest BCUT2D eigenvalue weighted by Gasteiger charge is 2.54. The molecule has 0 amide bonds. The molecule has 1 rings (SSSR count). The molecule has 2 unspecified atom stereocenters. The largest absolute Gasteiger partial charge is 0.477 e. The molecule has 0 saturated carbocycles. The molecule has 0 aromatic heterocycles. The Kier molecular flexibility index (Phi) is 3.72. The molecule has 1 saturated heterocycles. The van der Waals surface area contributed by atoms with Crippen molar-refractivity contribution in [1.82, 2.24) is 0 Å². The van der Waals surface area contributed by atoms with Crippen LogP contribution in [0.3, 0.4) is 0 Å². The summed E-state index contributed by atoms with van der Waals surface area (Å²) in [5, 5.41) is 9.07. The van der Waals surface area contributed by atoms with Crippen LogP contribution >= 0.6 is 0 Å². The van der Waals surface area contributed by atoms with E-state index in [0.717, 1.165) is 0 Å². The topological polar surface area (TPSA) is 55.8 Å². The molecule has 1 aliphatic heterocycles. The van der Waals surface area contributed by atoms with Gasteiger partial charge in [-0.2, -0.15) is 0 Å². The molecule has 6 heteroatoms. The smallest absolute Gasteiger partial charge is 0.363 e. The Morgan fingerprint density at radius 2 is 2.06 bits per heavy atom. The second-order valence-corrected chi connectivity index (χ2v) is 10.8. The van der Waals surface area contributed by atoms with Gasteiger partial charge in [0.05, 0.1) is 6.61 Å². The van der Waals surface area contributed by atoms with Crippen LogP contribution in [0, 0.1) is 0 Å². The lowest BCUT2D eigenvalue weighted by atomic mass is 10.2. The van der Waals surface area contributed by atoms with Gasteiger partial charge in [-0.05, 0) is 18.1 Å². The van der Waals surface area contributed by atoms with Gasteiger partial charge in [0.25, 0.3) is 5.79 Å². The van der Waals surface area contributed by atoms with E-state index in [2.05, 4.69) is 0 Å². The van der Waals surface area contributed by atoms with Crippen molar-refractivity contribution in [3.63, 3.8) is 0 Å². The van der Waals surface area contributed by atoms with Crippen molar-refractivity contribution < 1.29 is 23.5 Å². The first-order valence-corrected chi connectivity index (χ1v) is 8.63. The Bertz CT molecular complexity index is 313. The first-order valence-electron chi connectivity index (χ1n) is 5.72. The molecule has 1 heterocycles. The van der Waals surface area contributed by atoms with Crippen molar-refractivity contribution in [1.29, 1.82) is 0 Å². The minimum absolute atomic E-state index is 0.146. The fraction of sp³-hybridized carbons (Fsp3) is 0.909. The van der Waals surface area contributed by atoms with Crippen LogP contribution in [0.4, 0.5) is 4.39 Å². The molecule has 0 radical (unpaired) electrons. The van der Waals surface area contributed by atoms with Crippen LogP contribution in [0.5, 0.6) is 0 Å². The minimum Gasteiger partial charge on any atom is -0.477 e. The van der Waals surface area contributed by atoms with Gasteiger partial charge in [-0.1, -0.05) is 20.8 Å². The Morgan fingerprint density at radius 1 is 1.53 bits per heavy atom. The van der Waals surface area contributed by atoms with Crippen molar-refractivity contribution in [3.8, 4) is 0 Å². The van der Waals surface area contributed by atoms with E-state index in [9.17, 15) is 14.3 Å². The van der Waals surface area contributed by atoms with E-state index in [1.165, 1.54) is 0 Å². The maximum atomic E-state index is 13.2.